The SMILES string of the molecule is CC(C)OC(=O)CCNC(=O)c1cc(-c2ccco2)n(-c2ccc(Cl)cc2)n1. The average molecular weight is 402 g/mol. The van der Waals surface area contributed by atoms with Crippen molar-refractivity contribution in [3.63, 3.8) is 0 Å². The first-order valence-electron chi connectivity index (χ1n) is 8.81. The van der Waals surface area contributed by atoms with Crippen LogP contribution in [0.25, 0.3) is 17.1 Å². The molecule has 2 aromatic heterocycles. The molecule has 0 spiro atoms. The fourth-order valence-corrected chi connectivity index (χ4v) is 2.69. The third-order valence-corrected chi connectivity index (χ3v) is 4.02. The molecule has 0 radical (unpaired) electrons. The van der Waals surface area contributed by atoms with Gasteiger partial charge in [-0.1, -0.05) is 11.6 Å². The molecule has 28 heavy (non-hydrogen) atoms. The summed E-state index contributed by atoms with van der Waals surface area (Å²) in [6.07, 6.45) is 1.45. The van der Waals surface area contributed by atoms with E-state index in [1.165, 1.54) is 0 Å². The van der Waals surface area contributed by atoms with Crippen LogP contribution in [0.5, 0.6) is 0 Å². The Balaban J connectivity index is 1.78. The van der Waals surface area contributed by atoms with E-state index in [0.29, 0.717) is 16.5 Å². The highest BCUT2D eigenvalue weighted by molar-refractivity contribution is 6.30. The van der Waals surface area contributed by atoms with Crippen molar-refractivity contribution in [2.45, 2.75) is 26.4 Å². The van der Waals surface area contributed by atoms with Gasteiger partial charge in [-0.15, -0.1) is 0 Å². The molecule has 7 nitrogen and oxygen atoms in total. The van der Waals surface area contributed by atoms with Crippen molar-refractivity contribution in [3.8, 4) is 17.1 Å². The first kappa shape index (κ1) is 19.7. The summed E-state index contributed by atoms with van der Waals surface area (Å²) in [6.45, 7) is 3.71. The van der Waals surface area contributed by atoms with E-state index in [2.05, 4.69) is 10.4 Å². The molecule has 0 bridgehead atoms. The summed E-state index contributed by atoms with van der Waals surface area (Å²) >= 11 is 5.96. The molecule has 0 fully saturated rings. The Bertz CT molecular complexity index is 947. The molecule has 8 heteroatoms. The summed E-state index contributed by atoms with van der Waals surface area (Å²) in [4.78, 5) is 24.1. The minimum atomic E-state index is -0.391. The fraction of sp³-hybridized carbons (Fsp3) is 0.250. The Labute approximate surface area is 167 Å². The molecule has 1 amide bonds. The van der Waals surface area contributed by atoms with Crippen LogP contribution in [0.3, 0.4) is 0 Å². The molecule has 3 rings (SSSR count). The lowest BCUT2D eigenvalue weighted by Gasteiger charge is -2.08. The summed E-state index contributed by atoms with van der Waals surface area (Å²) in [6, 6.07) is 12.3. The fourth-order valence-electron chi connectivity index (χ4n) is 2.56. The second-order valence-electron chi connectivity index (χ2n) is 6.32. The number of esters is 1. The Morgan fingerprint density at radius 2 is 2.00 bits per heavy atom. The zero-order valence-corrected chi connectivity index (χ0v) is 16.3. The van der Waals surface area contributed by atoms with Crippen molar-refractivity contribution in [1.82, 2.24) is 15.1 Å². The van der Waals surface area contributed by atoms with Gasteiger partial charge in [0.2, 0.25) is 0 Å². The van der Waals surface area contributed by atoms with E-state index in [9.17, 15) is 9.59 Å². The number of amides is 1. The Hall–Kier alpha value is -3.06. The zero-order valence-electron chi connectivity index (χ0n) is 15.5. The molecule has 1 aromatic carbocycles. The van der Waals surface area contributed by atoms with Crippen LogP contribution in [0.1, 0.15) is 30.8 Å². The van der Waals surface area contributed by atoms with Crippen LogP contribution in [0.15, 0.2) is 53.1 Å². The molecule has 0 saturated carbocycles. The van der Waals surface area contributed by atoms with Crippen molar-refractivity contribution in [1.29, 1.82) is 0 Å². The number of aromatic nitrogens is 2. The van der Waals surface area contributed by atoms with Crippen LogP contribution in [0.4, 0.5) is 0 Å². The lowest BCUT2D eigenvalue weighted by atomic mass is 10.2. The van der Waals surface area contributed by atoms with Gasteiger partial charge >= 0.3 is 5.97 Å². The smallest absolute Gasteiger partial charge is 0.307 e. The Morgan fingerprint density at radius 3 is 2.64 bits per heavy atom. The van der Waals surface area contributed by atoms with E-state index in [-0.39, 0.29) is 30.7 Å². The predicted molar refractivity (Wildman–Crippen MR) is 104 cm³/mol. The Morgan fingerprint density at radius 1 is 1.25 bits per heavy atom. The van der Waals surface area contributed by atoms with Gasteiger partial charge in [0.15, 0.2) is 11.5 Å². The molecule has 3 aromatic rings. The number of hydrogen-bond acceptors (Lipinski definition) is 5. The number of carbonyl (C=O) groups is 2. The van der Waals surface area contributed by atoms with Gasteiger partial charge < -0.3 is 14.5 Å². The topological polar surface area (TPSA) is 86.4 Å². The first-order valence-corrected chi connectivity index (χ1v) is 9.19. The van der Waals surface area contributed by atoms with E-state index >= 15 is 0 Å². The summed E-state index contributed by atoms with van der Waals surface area (Å²) in [5.41, 5.74) is 1.56. The summed E-state index contributed by atoms with van der Waals surface area (Å²) in [5, 5.41) is 7.68. The first-order chi connectivity index (χ1) is 13.4. The maximum Gasteiger partial charge on any atom is 0.307 e. The van der Waals surface area contributed by atoms with Crippen molar-refractivity contribution in [3.05, 3.63) is 59.4 Å². The summed E-state index contributed by atoms with van der Waals surface area (Å²) < 4.78 is 12.1. The van der Waals surface area contributed by atoms with Gasteiger partial charge in [0.1, 0.15) is 5.69 Å². The number of nitrogens with zero attached hydrogens (tertiary/aromatic N) is 2. The van der Waals surface area contributed by atoms with Crippen LogP contribution < -0.4 is 5.32 Å². The van der Waals surface area contributed by atoms with Gasteiger partial charge in [-0.3, -0.25) is 9.59 Å². The molecular weight excluding hydrogens is 382 g/mol. The van der Waals surface area contributed by atoms with E-state index < -0.39 is 5.91 Å². The standard InChI is InChI=1S/C20H20ClN3O4/c1-13(2)28-19(25)9-10-22-20(26)16-12-17(18-4-3-11-27-18)24(23-16)15-7-5-14(21)6-8-15/h3-8,11-13H,9-10H2,1-2H3,(H,22,26). The van der Waals surface area contributed by atoms with Crippen LogP contribution >= 0.6 is 11.6 Å². The molecule has 146 valence electrons. The highest BCUT2D eigenvalue weighted by Gasteiger charge is 2.18. The van der Waals surface area contributed by atoms with Crippen molar-refractivity contribution in [2.24, 2.45) is 0 Å². The third kappa shape index (κ3) is 4.80. The molecule has 1 N–H and O–H groups in total. The molecule has 0 saturated heterocycles. The van der Waals surface area contributed by atoms with E-state index in [0.717, 1.165) is 5.69 Å². The van der Waals surface area contributed by atoms with E-state index in [4.69, 9.17) is 20.8 Å². The highest BCUT2D eigenvalue weighted by Crippen LogP contribution is 2.25. The monoisotopic (exact) mass is 401 g/mol. The average Bonchev–Trinajstić information content (AvgIpc) is 3.31. The van der Waals surface area contributed by atoms with Crippen LogP contribution in [0, 0.1) is 0 Å². The molecular formula is C20H20ClN3O4. The molecule has 0 aliphatic heterocycles. The van der Waals surface area contributed by atoms with Gasteiger partial charge in [0, 0.05) is 17.6 Å². The number of halogens is 1. The quantitative estimate of drug-likeness (QED) is 0.607. The lowest BCUT2D eigenvalue weighted by molar-refractivity contribution is -0.147. The van der Waals surface area contributed by atoms with Gasteiger partial charge in [-0.25, -0.2) is 4.68 Å². The van der Waals surface area contributed by atoms with E-state index in [1.807, 2.05) is 0 Å². The minimum absolute atomic E-state index is 0.0901. The maximum atomic E-state index is 12.5. The predicted octanol–water partition coefficient (Wildman–Crippen LogP) is 3.86. The van der Waals surface area contributed by atoms with Crippen LogP contribution in [0.2, 0.25) is 5.02 Å². The van der Waals surface area contributed by atoms with Gasteiger partial charge in [-0.05, 0) is 50.2 Å². The summed E-state index contributed by atoms with van der Waals surface area (Å²) in [7, 11) is 0. The number of furan rings is 1. The van der Waals surface area contributed by atoms with Gasteiger partial charge in [-0.2, -0.15) is 5.10 Å². The normalized spacial score (nSPS) is 10.9. The second kappa shape index (κ2) is 8.75. The number of rotatable bonds is 7. The Kier molecular flexibility index (Phi) is 6.16. The zero-order chi connectivity index (χ0) is 20.1. The number of carbonyl (C=O) groups excluding carboxylic acids is 2. The number of ether oxygens (including phenoxy) is 1. The lowest BCUT2D eigenvalue weighted by Crippen LogP contribution is -2.27. The maximum absolute atomic E-state index is 12.5. The molecule has 2 heterocycles. The largest absolute Gasteiger partial charge is 0.463 e. The van der Waals surface area contributed by atoms with E-state index in [1.54, 1.807) is 67.3 Å². The highest BCUT2D eigenvalue weighted by atomic mass is 35.5. The third-order valence-electron chi connectivity index (χ3n) is 3.77. The molecule has 0 unspecified atom stereocenters. The number of hydrogen-bond donors (Lipinski definition) is 1. The molecule has 0 aliphatic carbocycles. The summed E-state index contributed by atoms with van der Waals surface area (Å²) in [5.74, 6) is -0.182. The molecule has 0 atom stereocenters. The second-order valence-corrected chi connectivity index (χ2v) is 6.76. The van der Waals surface area contributed by atoms with Crippen molar-refractivity contribution in [2.75, 3.05) is 6.54 Å². The number of benzene rings is 1. The van der Waals surface area contributed by atoms with Gasteiger partial charge in [0.05, 0.1) is 24.5 Å². The molecule has 0 aliphatic rings. The van der Waals surface area contributed by atoms with Crippen molar-refractivity contribution < 1.29 is 18.7 Å². The van der Waals surface area contributed by atoms with Crippen LogP contribution in [-0.4, -0.2) is 34.3 Å². The number of nitrogens with one attached hydrogen (secondary N) is 1. The van der Waals surface area contributed by atoms with Gasteiger partial charge in [0.25, 0.3) is 5.91 Å². The van der Waals surface area contributed by atoms with Crippen LogP contribution in [-0.2, 0) is 9.53 Å². The van der Waals surface area contributed by atoms with Crippen molar-refractivity contribution >= 4 is 23.5 Å². The minimum Gasteiger partial charge on any atom is -0.463 e.